The molecule has 0 amide bonds. The van der Waals surface area contributed by atoms with Gasteiger partial charge in [-0.1, -0.05) is 59.8 Å². The van der Waals surface area contributed by atoms with Gasteiger partial charge < -0.3 is 10.9 Å². The third kappa shape index (κ3) is 3.98. The van der Waals surface area contributed by atoms with Crippen LogP contribution in [-0.2, 0) is 5.54 Å². The maximum atomic E-state index is 10.4. The number of hydrogen-bond donors (Lipinski definition) is 2. The zero-order chi connectivity index (χ0) is 26.6. The number of aromatic nitrogens is 4. The number of fused-ring (bicyclic) bond motifs is 3. The van der Waals surface area contributed by atoms with E-state index in [9.17, 15) is 5.11 Å². The number of hydrogen-bond acceptors (Lipinski definition) is 7. The third-order valence-electron chi connectivity index (χ3n) is 7.45. The van der Waals surface area contributed by atoms with Gasteiger partial charge in [0.15, 0.2) is 11.3 Å². The van der Waals surface area contributed by atoms with Crippen LogP contribution in [0.5, 0.6) is 0 Å². The molecule has 0 saturated heterocycles. The van der Waals surface area contributed by atoms with Crippen molar-refractivity contribution in [2.75, 3.05) is 0 Å². The van der Waals surface area contributed by atoms with Crippen molar-refractivity contribution in [3.05, 3.63) is 95.3 Å². The fourth-order valence-corrected chi connectivity index (χ4v) is 6.39. The number of aliphatic hydroxyl groups is 1. The first-order valence-electron chi connectivity index (χ1n) is 12.7. The van der Waals surface area contributed by atoms with Crippen LogP contribution in [0.15, 0.2) is 100 Å². The highest BCUT2D eigenvalue weighted by atomic mass is 32.1. The van der Waals surface area contributed by atoms with Gasteiger partial charge in [0.05, 0.1) is 17.0 Å². The summed E-state index contributed by atoms with van der Waals surface area (Å²) in [6.45, 7) is 1.81. The summed E-state index contributed by atoms with van der Waals surface area (Å²) in [6.07, 6.45) is 2.81. The Bertz CT molecular complexity index is 1830. The van der Waals surface area contributed by atoms with Gasteiger partial charge in [0.25, 0.3) is 0 Å². The van der Waals surface area contributed by atoms with E-state index in [0.29, 0.717) is 12.8 Å². The quantitative estimate of drug-likeness (QED) is 0.152. The first-order chi connectivity index (χ1) is 18.9. The molecular formula is C30H25N7OS. The lowest BCUT2D eigenvalue weighted by molar-refractivity contribution is -0.0756. The molecular weight excluding hydrogens is 506 g/mol. The van der Waals surface area contributed by atoms with Crippen LogP contribution in [0, 0.1) is 0 Å². The number of pyridine rings is 1. The van der Waals surface area contributed by atoms with E-state index in [1.807, 2.05) is 59.4 Å². The van der Waals surface area contributed by atoms with Gasteiger partial charge in [-0.15, -0.1) is 0 Å². The van der Waals surface area contributed by atoms with Crippen LogP contribution in [0.25, 0.3) is 50.3 Å². The molecule has 0 aliphatic heterocycles. The molecule has 39 heavy (non-hydrogen) atoms. The molecule has 6 aromatic rings. The Morgan fingerprint density at radius 2 is 1.77 bits per heavy atom. The molecule has 1 aliphatic carbocycles. The smallest absolute Gasteiger partial charge is 0.165 e. The zero-order valence-corrected chi connectivity index (χ0v) is 22.0. The fourth-order valence-electron chi connectivity index (χ4n) is 5.74. The molecule has 1 saturated carbocycles. The molecule has 0 atom stereocenters. The summed E-state index contributed by atoms with van der Waals surface area (Å²) in [5.41, 5.74) is 6.86. The molecule has 0 bridgehead atoms. The van der Waals surface area contributed by atoms with Crippen molar-refractivity contribution >= 4 is 28.0 Å². The minimum atomic E-state index is -0.779. The second-order valence-corrected chi connectivity index (χ2v) is 11.2. The Kier molecular flexibility index (Phi) is 5.33. The molecule has 4 heterocycles. The first kappa shape index (κ1) is 23.6. The highest BCUT2D eigenvalue weighted by molar-refractivity contribution is 7.08. The van der Waals surface area contributed by atoms with Crippen molar-refractivity contribution < 1.29 is 5.11 Å². The van der Waals surface area contributed by atoms with E-state index in [4.69, 9.17) is 15.9 Å². The van der Waals surface area contributed by atoms with E-state index in [2.05, 4.69) is 57.1 Å². The van der Waals surface area contributed by atoms with Crippen molar-refractivity contribution in [3.63, 3.8) is 0 Å². The zero-order valence-electron chi connectivity index (χ0n) is 21.2. The van der Waals surface area contributed by atoms with Crippen LogP contribution in [0.1, 0.15) is 25.3 Å². The molecule has 0 radical (unpaired) electrons. The summed E-state index contributed by atoms with van der Waals surface area (Å²) in [6, 6.07) is 24.6. The Morgan fingerprint density at radius 1 is 0.974 bits per heavy atom. The number of rotatable bonds is 5. The van der Waals surface area contributed by atoms with Crippen LogP contribution in [-0.4, -0.2) is 30.3 Å². The maximum absolute atomic E-state index is 10.4. The molecule has 192 valence electrons. The van der Waals surface area contributed by atoms with Crippen LogP contribution in [0.4, 0.5) is 0 Å². The largest absolute Gasteiger partial charge is 0.390 e. The van der Waals surface area contributed by atoms with Gasteiger partial charge >= 0.3 is 0 Å². The minimum Gasteiger partial charge on any atom is -0.390 e. The minimum absolute atomic E-state index is 0.473. The number of benzene rings is 2. The molecule has 2 aromatic carbocycles. The maximum Gasteiger partial charge on any atom is 0.165 e. The second kappa shape index (κ2) is 8.79. The lowest BCUT2D eigenvalue weighted by Crippen LogP contribution is -2.51. The second-order valence-electron chi connectivity index (χ2n) is 10.4. The predicted molar refractivity (Wildman–Crippen MR) is 153 cm³/mol. The molecule has 3 N–H and O–H groups in total. The molecule has 4 aromatic heterocycles. The Labute approximate surface area is 228 Å². The lowest BCUT2D eigenvalue weighted by Gasteiger charge is -2.48. The monoisotopic (exact) mass is 531 g/mol. The van der Waals surface area contributed by atoms with Gasteiger partial charge in [0.2, 0.25) is 0 Å². The number of nitrogens with zero attached hydrogens (tertiary/aromatic N) is 6. The normalized spacial score (nSPS) is 21.1. The van der Waals surface area contributed by atoms with Crippen LogP contribution in [0.3, 0.4) is 0 Å². The molecule has 9 heteroatoms. The highest BCUT2D eigenvalue weighted by Gasteiger charge is 2.53. The van der Waals surface area contributed by atoms with Crippen molar-refractivity contribution in [3.8, 4) is 33.6 Å². The van der Waals surface area contributed by atoms with Crippen LogP contribution in [0.2, 0.25) is 0 Å². The Hall–Kier alpha value is -4.47. The summed E-state index contributed by atoms with van der Waals surface area (Å²) in [4.78, 5) is 9.87. The first-order valence-corrected chi connectivity index (χ1v) is 13.6. The van der Waals surface area contributed by atoms with Crippen LogP contribution >= 0.6 is 11.3 Å². The van der Waals surface area contributed by atoms with Gasteiger partial charge in [-0.05, 0) is 35.6 Å². The standard InChI is InChI=1S/C30H25N7OS/c1-29(38)17-30(18-29,35-36-31)23-9-7-20(8-10-23)27-24(19-5-3-2-4-6-19)13-22-15-32-26-14-25(21-11-12-39-16-21)34-37(26)28(22)33-27/h2-16,38H,17-18H2,1H3,(H2,31,35). The van der Waals surface area contributed by atoms with Crippen molar-refractivity contribution in [1.82, 2.24) is 19.6 Å². The highest BCUT2D eigenvalue weighted by Crippen LogP contribution is 2.51. The molecule has 0 spiro atoms. The summed E-state index contributed by atoms with van der Waals surface area (Å²) in [5, 5.41) is 28.2. The molecule has 8 nitrogen and oxygen atoms in total. The van der Waals surface area contributed by atoms with E-state index in [-0.39, 0.29) is 0 Å². The predicted octanol–water partition coefficient (Wildman–Crippen LogP) is 6.41. The number of thiophene rings is 1. The fraction of sp³-hybridized carbons (Fsp3) is 0.167. The Balaban J connectivity index is 1.40. The van der Waals surface area contributed by atoms with Gasteiger partial charge in [0.1, 0.15) is 5.54 Å². The topological polar surface area (TPSA) is 114 Å². The third-order valence-corrected chi connectivity index (χ3v) is 8.13. The van der Waals surface area contributed by atoms with Crippen molar-refractivity contribution in [1.29, 1.82) is 0 Å². The van der Waals surface area contributed by atoms with Gasteiger partial charge in [-0.25, -0.2) is 9.97 Å². The molecule has 7 rings (SSSR count). The van der Waals surface area contributed by atoms with Crippen molar-refractivity contribution in [2.24, 2.45) is 16.2 Å². The molecule has 1 fully saturated rings. The summed E-state index contributed by atoms with van der Waals surface area (Å²) in [5.74, 6) is 5.44. The average Bonchev–Trinajstić information content (AvgIpc) is 3.62. The summed E-state index contributed by atoms with van der Waals surface area (Å²) in [7, 11) is 0. The van der Waals surface area contributed by atoms with Gasteiger partial charge in [-0.3, -0.25) is 0 Å². The van der Waals surface area contributed by atoms with Gasteiger partial charge in [-0.2, -0.15) is 26.1 Å². The van der Waals surface area contributed by atoms with E-state index in [1.54, 1.807) is 11.3 Å². The summed E-state index contributed by atoms with van der Waals surface area (Å²) >= 11 is 1.64. The average molecular weight is 532 g/mol. The Morgan fingerprint density at radius 3 is 2.46 bits per heavy atom. The van der Waals surface area contributed by atoms with E-state index >= 15 is 0 Å². The van der Waals surface area contributed by atoms with E-state index in [0.717, 1.165) is 55.9 Å². The summed E-state index contributed by atoms with van der Waals surface area (Å²) < 4.78 is 1.82. The number of nitrogens with two attached hydrogens (primary N) is 1. The van der Waals surface area contributed by atoms with Crippen molar-refractivity contribution in [2.45, 2.75) is 30.9 Å². The van der Waals surface area contributed by atoms with E-state index < -0.39 is 11.1 Å². The van der Waals surface area contributed by atoms with Gasteiger partial charge in [0, 0.05) is 52.6 Å². The molecule has 0 unspecified atom stereocenters. The SMILES string of the molecule is CC1(O)CC(N=NN)(c2ccc(-c3nc4c(cnc5cc(-c6ccsc6)nn54)cc3-c3ccccc3)cc2)C1. The molecule has 1 aliphatic rings. The van der Waals surface area contributed by atoms with E-state index in [1.165, 1.54) is 0 Å². The lowest BCUT2D eigenvalue weighted by atomic mass is 9.63. The van der Waals surface area contributed by atoms with Crippen LogP contribution < -0.4 is 5.84 Å².